The van der Waals surface area contributed by atoms with Crippen molar-refractivity contribution in [3.8, 4) is 0 Å². The molecule has 1 rings (SSSR count). The quantitative estimate of drug-likeness (QED) is 0.605. The molecular weight excluding hydrogens is 270 g/mol. The number of carbonyl (C=O) groups excluding carboxylic acids is 1. The van der Waals surface area contributed by atoms with Crippen LogP contribution in [-0.4, -0.2) is 54.7 Å². The van der Waals surface area contributed by atoms with Gasteiger partial charge in [0.05, 0.1) is 5.92 Å². The van der Waals surface area contributed by atoms with Crippen LogP contribution in [-0.2, 0) is 4.79 Å². The van der Waals surface area contributed by atoms with Crippen molar-refractivity contribution in [2.24, 2.45) is 5.92 Å². The molecule has 1 atom stereocenters. The summed E-state index contributed by atoms with van der Waals surface area (Å²) in [7, 11) is 2.09. The highest BCUT2D eigenvalue weighted by Crippen LogP contribution is 2.21. The number of carboxylic acid groups (broad SMARTS) is 1. The topological polar surface area (TPSA) is 81.7 Å². The van der Waals surface area contributed by atoms with Crippen molar-refractivity contribution in [1.29, 1.82) is 0 Å². The van der Waals surface area contributed by atoms with Crippen LogP contribution in [0.5, 0.6) is 0 Å². The first-order valence-electron chi connectivity index (χ1n) is 7.99. The molecule has 0 aromatic heterocycles. The van der Waals surface area contributed by atoms with Gasteiger partial charge in [-0.2, -0.15) is 0 Å². The van der Waals surface area contributed by atoms with Gasteiger partial charge in [0.25, 0.3) is 0 Å². The average Bonchev–Trinajstić information content (AvgIpc) is 2.97. The summed E-state index contributed by atoms with van der Waals surface area (Å²) in [6.07, 6.45) is 6.49. The number of carbonyl (C=O) groups is 2. The molecule has 21 heavy (non-hydrogen) atoms. The van der Waals surface area contributed by atoms with Crippen LogP contribution in [0.1, 0.15) is 45.4 Å². The lowest BCUT2D eigenvalue weighted by Gasteiger charge is -2.24. The SMILES string of the molecule is CCCC(CNC(=O)NCCN(C)C1CCCC1)C(=O)O. The van der Waals surface area contributed by atoms with Gasteiger partial charge in [-0.05, 0) is 26.3 Å². The molecule has 2 amide bonds. The van der Waals surface area contributed by atoms with Gasteiger partial charge in [0, 0.05) is 25.7 Å². The van der Waals surface area contributed by atoms with Gasteiger partial charge in [-0.25, -0.2) is 4.79 Å². The Morgan fingerprint density at radius 2 is 1.95 bits per heavy atom. The molecular formula is C15H29N3O3. The molecule has 6 heteroatoms. The summed E-state index contributed by atoms with van der Waals surface area (Å²) in [5.74, 6) is -1.35. The van der Waals surface area contributed by atoms with Crippen LogP contribution in [0, 0.1) is 5.92 Å². The van der Waals surface area contributed by atoms with E-state index in [0.717, 1.165) is 13.0 Å². The van der Waals surface area contributed by atoms with E-state index in [4.69, 9.17) is 5.11 Å². The van der Waals surface area contributed by atoms with Crippen LogP contribution in [0.3, 0.4) is 0 Å². The Morgan fingerprint density at radius 3 is 2.52 bits per heavy atom. The normalized spacial score (nSPS) is 16.9. The lowest BCUT2D eigenvalue weighted by Crippen LogP contribution is -2.43. The van der Waals surface area contributed by atoms with E-state index in [2.05, 4.69) is 22.6 Å². The molecule has 1 aliphatic rings. The number of nitrogens with zero attached hydrogens (tertiary/aromatic N) is 1. The Balaban J connectivity index is 2.14. The van der Waals surface area contributed by atoms with E-state index < -0.39 is 11.9 Å². The number of amides is 2. The number of rotatable bonds is 9. The lowest BCUT2D eigenvalue weighted by molar-refractivity contribution is -0.141. The Labute approximate surface area is 127 Å². The van der Waals surface area contributed by atoms with Crippen molar-refractivity contribution in [2.75, 3.05) is 26.7 Å². The fourth-order valence-electron chi connectivity index (χ4n) is 2.81. The van der Waals surface area contributed by atoms with Crippen LogP contribution in [0.25, 0.3) is 0 Å². The van der Waals surface area contributed by atoms with Gasteiger partial charge in [0.2, 0.25) is 0 Å². The van der Waals surface area contributed by atoms with E-state index in [-0.39, 0.29) is 12.6 Å². The molecule has 0 spiro atoms. The fraction of sp³-hybridized carbons (Fsp3) is 0.867. The monoisotopic (exact) mass is 299 g/mol. The van der Waals surface area contributed by atoms with E-state index in [1.807, 2.05) is 6.92 Å². The van der Waals surface area contributed by atoms with E-state index in [9.17, 15) is 9.59 Å². The maximum absolute atomic E-state index is 11.6. The maximum Gasteiger partial charge on any atom is 0.314 e. The lowest BCUT2D eigenvalue weighted by atomic mass is 10.0. The van der Waals surface area contributed by atoms with Crippen molar-refractivity contribution in [3.05, 3.63) is 0 Å². The third-order valence-electron chi connectivity index (χ3n) is 4.19. The standard InChI is InChI=1S/C15H29N3O3/c1-3-6-12(14(19)20)11-17-15(21)16-9-10-18(2)13-7-4-5-8-13/h12-13H,3-11H2,1-2H3,(H,19,20)(H2,16,17,21). The second-order valence-corrected chi connectivity index (χ2v) is 5.88. The fourth-order valence-corrected chi connectivity index (χ4v) is 2.81. The van der Waals surface area contributed by atoms with Gasteiger partial charge in [0.15, 0.2) is 0 Å². The van der Waals surface area contributed by atoms with Crippen molar-refractivity contribution in [3.63, 3.8) is 0 Å². The summed E-state index contributed by atoms with van der Waals surface area (Å²) in [6.45, 7) is 3.54. The largest absolute Gasteiger partial charge is 0.481 e. The summed E-state index contributed by atoms with van der Waals surface area (Å²) in [5, 5.41) is 14.4. The molecule has 0 radical (unpaired) electrons. The molecule has 1 saturated carbocycles. The van der Waals surface area contributed by atoms with E-state index in [1.165, 1.54) is 25.7 Å². The minimum Gasteiger partial charge on any atom is -0.481 e. The number of carboxylic acids is 1. The van der Waals surface area contributed by atoms with Crippen LogP contribution in [0.2, 0.25) is 0 Å². The van der Waals surface area contributed by atoms with Crippen molar-refractivity contribution < 1.29 is 14.7 Å². The van der Waals surface area contributed by atoms with E-state index in [1.54, 1.807) is 0 Å². The van der Waals surface area contributed by atoms with Gasteiger partial charge >= 0.3 is 12.0 Å². The summed E-state index contributed by atoms with van der Waals surface area (Å²) < 4.78 is 0. The number of nitrogens with one attached hydrogen (secondary N) is 2. The minimum absolute atomic E-state index is 0.188. The second-order valence-electron chi connectivity index (χ2n) is 5.88. The van der Waals surface area contributed by atoms with Gasteiger partial charge in [0.1, 0.15) is 0 Å². The van der Waals surface area contributed by atoms with Crippen LogP contribution in [0.15, 0.2) is 0 Å². The molecule has 0 heterocycles. The highest BCUT2D eigenvalue weighted by atomic mass is 16.4. The minimum atomic E-state index is -0.849. The summed E-state index contributed by atoms with van der Waals surface area (Å²) in [6, 6.07) is 0.369. The Morgan fingerprint density at radius 1 is 1.29 bits per heavy atom. The number of hydrogen-bond acceptors (Lipinski definition) is 3. The van der Waals surface area contributed by atoms with Gasteiger partial charge in [-0.3, -0.25) is 4.79 Å². The zero-order valence-electron chi connectivity index (χ0n) is 13.2. The third-order valence-corrected chi connectivity index (χ3v) is 4.19. The Hall–Kier alpha value is -1.30. The highest BCUT2D eigenvalue weighted by Gasteiger charge is 2.19. The third kappa shape index (κ3) is 6.80. The average molecular weight is 299 g/mol. The van der Waals surface area contributed by atoms with E-state index in [0.29, 0.717) is 19.0 Å². The van der Waals surface area contributed by atoms with Gasteiger partial charge in [-0.15, -0.1) is 0 Å². The zero-order chi connectivity index (χ0) is 15.7. The van der Waals surface area contributed by atoms with Crippen LogP contribution in [0.4, 0.5) is 4.79 Å². The number of aliphatic carboxylic acids is 1. The molecule has 1 unspecified atom stereocenters. The molecule has 3 N–H and O–H groups in total. The smallest absolute Gasteiger partial charge is 0.314 e. The second kappa shape index (κ2) is 9.60. The molecule has 1 fully saturated rings. The molecule has 6 nitrogen and oxygen atoms in total. The first kappa shape index (κ1) is 17.8. The number of hydrogen-bond donors (Lipinski definition) is 3. The molecule has 0 bridgehead atoms. The highest BCUT2D eigenvalue weighted by molar-refractivity contribution is 5.75. The molecule has 0 aliphatic heterocycles. The molecule has 0 aromatic rings. The zero-order valence-corrected chi connectivity index (χ0v) is 13.2. The van der Waals surface area contributed by atoms with Gasteiger partial charge < -0.3 is 20.6 Å². The molecule has 1 aliphatic carbocycles. The summed E-state index contributed by atoms with van der Waals surface area (Å²) >= 11 is 0. The Bertz CT molecular complexity index is 330. The van der Waals surface area contributed by atoms with E-state index >= 15 is 0 Å². The maximum atomic E-state index is 11.6. The predicted octanol–water partition coefficient (Wildman–Crippen LogP) is 1.66. The molecule has 122 valence electrons. The number of likely N-dealkylation sites (N-methyl/N-ethyl adjacent to an activating group) is 1. The molecule has 0 aromatic carbocycles. The van der Waals surface area contributed by atoms with Crippen molar-refractivity contribution in [1.82, 2.24) is 15.5 Å². The summed E-state index contributed by atoms with van der Waals surface area (Å²) in [4.78, 5) is 24.9. The van der Waals surface area contributed by atoms with Crippen LogP contribution < -0.4 is 10.6 Å². The molecule has 0 saturated heterocycles. The Kier molecular flexibility index (Phi) is 8.12. The van der Waals surface area contributed by atoms with Crippen molar-refractivity contribution in [2.45, 2.75) is 51.5 Å². The summed E-state index contributed by atoms with van der Waals surface area (Å²) in [5.41, 5.74) is 0. The predicted molar refractivity (Wildman–Crippen MR) is 82.3 cm³/mol. The van der Waals surface area contributed by atoms with Crippen molar-refractivity contribution >= 4 is 12.0 Å². The first-order valence-corrected chi connectivity index (χ1v) is 7.99. The van der Waals surface area contributed by atoms with Crippen LogP contribution >= 0.6 is 0 Å². The first-order chi connectivity index (χ1) is 10.0. The van der Waals surface area contributed by atoms with Gasteiger partial charge in [-0.1, -0.05) is 26.2 Å². The number of urea groups is 1.